The van der Waals surface area contributed by atoms with Crippen molar-refractivity contribution in [1.82, 2.24) is 10.5 Å². The van der Waals surface area contributed by atoms with Gasteiger partial charge in [0.05, 0.1) is 5.60 Å². The largest absolute Gasteiger partial charge is 0.388 e. The van der Waals surface area contributed by atoms with E-state index in [1.807, 2.05) is 16.8 Å². The molecule has 1 aliphatic rings. The van der Waals surface area contributed by atoms with Crippen molar-refractivity contribution in [2.45, 2.75) is 44.6 Å². The second-order valence-corrected chi connectivity index (χ2v) is 6.91. The number of carbonyl (C=O) groups excluding carboxylic acids is 1. The van der Waals surface area contributed by atoms with Crippen molar-refractivity contribution < 1.29 is 14.4 Å². The molecule has 5 nitrogen and oxygen atoms in total. The van der Waals surface area contributed by atoms with E-state index in [0.29, 0.717) is 12.1 Å². The third kappa shape index (κ3) is 3.39. The smallest absolute Gasteiger partial charge is 0.273 e. The van der Waals surface area contributed by atoms with Gasteiger partial charge in [-0.05, 0) is 48.6 Å². The van der Waals surface area contributed by atoms with Crippen molar-refractivity contribution in [1.29, 1.82) is 0 Å². The summed E-state index contributed by atoms with van der Waals surface area (Å²) in [6.07, 6.45) is 4.34. The first-order chi connectivity index (χ1) is 10.6. The number of hydrogen-bond donors (Lipinski definition) is 2. The lowest BCUT2D eigenvalue weighted by molar-refractivity contribution is 0.0550. The fraction of sp³-hybridized carbons (Fsp3) is 0.500. The van der Waals surface area contributed by atoms with Gasteiger partial charge in [0.15, 0.2) is 5.69 Å². The summed E-state index contributed by atoms with van der Waals surface area (Å²) in [5, 5.41) is 21.1. The zero-order chi connectivity index (χ0) is 15.6. The van der Waals surface area contributed by atoms with Crippen LogP contribution in [0.3, 0.4) is 0 Å². The van der Waals surface area contributed by atoms with Gasteiger partial charge in [0.2, 0.25) is 0 Å². The number of aryl methyl sites for hydroxylation is 1. The minimum atomic E-state index is -0.986. The molecule has 6 heteroatoms. The van der Waals surface area contributed by atoms with Crippen LogP contribution in [-0.2, 0) is 19.3 Å². The molecule has 22 heavy (non-hydrogen) atoms. The molecular formula is C16H20N2O3S. The quantitative estimate of drug-likeness (QED) is 0.886. The van der Waals surface area contributed by atoms with Gasteiger partial charge in [-0.15, -0.1) is 0 Å². The molecule has 0 bridgehead atoms. The molecule has 1 atom stereocenters. The molecule has 0 saturated carbocycles. The third-order valence-electron chi connectivity index (χ3n) is 3.96. The molecule has 1 aliphatic carbocycles. The highest BCUT2D eigenvalue weighted by atomic mass is 32.1. The Hall–Kier alpha value is -1.66. The van der Waals surface area contributed by atoms with Crippen LogP contribution in [0.5, 0.6) is 0 Å². The van der Waals surface area contributed by atoms with Crippen LogP contribution in [0.4, 0.5) is 0 Å². The van der Waals surface area contributed by atoms with Gasteiger partial charge in [0.1, 0.15) is 5.76 Å². The van der Waals surface area contributed by atoms with Gasteiger partial charge in [0.25, 0.3) is 5.91 Å². The number of rotatable bonds is 5. The Balaban J connectivity index is 1.61. The van der Waals surface area contributed by atoms with Crippen LogP contribution >= 0.6 is 11.3 Å². The summed E-state index contributed by atoms with van der Waals surface area (Å²) in [7, 11) is 0. The maximum Gasteiger partial charge on any atom is 0.273 e. The van der Waals surface area contributed by atoms with Gasteiger partial charge >= 0.3 is 0 Å². The highest BCUT2D eigenvalue weighted by molar-refractivity contribution is 7.07. The number of fused-ring (bicyclic) bond motifs is 1. The molecule has 0 spiro atoms. The van der Waals surface area contributed by atoms with E-state index in [1.54, 1.807) is 18.3 Å². The number of amides is 1. The molecule has 2 N–H and O–H groups in total. The second-order valence-electron chi connectivity index (χ2n) is 6.13. The Morgan fingerprint density at radius 1 is 1.50 bits per heavy atom. The van der Waals surface area contributed by atoms with E-state index in [2.05, 4.69) is 10.5 Å². The Morgan fingerprint density at radius 2 is 2.32 bits per heavy atom. The van der Waals surface area contributed by atoms with E-state index in [4.69, 9.17) is 4.52 Å². The lowest BCUT2D eigenvalue weighted by Gasteiger charge is -2.23. The van der Waals surface area contributed by atoms with Crippen LogP contribution in [0, 0.1) is 0 Å². The van der Waals surface area contributed by atoms with E-state index in [0.717, 1.165) is 42.6 Å². The molecule has 0 radical (unpaired) electrons. The van der Waals surface area contributed by atoms with Crippen molar-refractivity contribution in [2.24, 2.45) is 0 Å². The molecule has 1 unspecified atom stereocenters. The first kappa shape index (κ1) is 15.2. The third-order valence-corrected chi connectivity index (χ3v) is 4.69. The lowest BCUT2D eigenvalue weighted by atomic mass is 9.96. The number of aromatic nitrogens is 1. The molecule has 3 rings (SSSR count). The predicted octanol–water partition coefficient (Wildman–Crippen LogP) is 2.34. The number of carbonyl (C=O) groups is 1. The number of nitrogens with one attached hydrogen (secondary N) is 1. The maximum absolute atomic E-state index is 12.3. The zero-order valence-electron chi connectivity index (χ0n) is 12.6. The Labute approximate surface area is 133 Å². The first-order valence-corrected chi connectivity index (χ1v) is 8.48. The van der Waals surface area contributed by atoms with Gasteiger partial charge in [-0.25, -0.2) is 0 Å². The standard InChI is InChI=1S/C16H20N2O3S/c1-16(20,8-11-6-7-22-9-11)10-17-15(19)14-12-4-2-3-5-13(12)21-18-14/h6-7,9,20H,2-5,8,10H2,1H3,(H,17,19). The van der Waals surface area contributed by atoms with Gasteiger partial charge in [0, 0.05) is 24.9 Å². The summed E-state index contributed by atoms with van der Waals surface area (Å²) in [6, 6.07) is 1.98. The van der Waals surface area contributed by atoms with E-state index in [9.17, 15) is 9.90 Å². The van der Waals surface area contributed by atoms with Crippen LogP contribution in [0.15, 0.2) is 21.3 Å². The predicted molar refractivity (Wildman–Crippen MR) is 84.1 cm³/mol. The summed E-state index contributed by atoms with van der Waals surface area (Å²) < 4.78 is 5.25. The summed E-state index contributed by atoms with van der Waals surface area (Å²) in [4.78, 5) is 12.3. The normalized spacial score (nSPS) is 16.8. The van der Waals surface area contributed by atoms with Crippen molar-refractivity contribution in [3.8, 4) is 0 Å². The number of nitrogens with zero attached hydrogens (tertiary/aromatic N) is 1. The monoisotopic (exact) mass is 320 g/mol. The molecule has 0 saturated heterocycles. The van der Waals surface area contributed by atoms with Gasteiger partial charge in [-0.2, -0.15) is 11.3 Å². The Bertz CT molecular complexity index is 646. The lowest BCUT2D eigenvalue weighted by Crippen LogP contribution is -2.42. The minimum absolute atomic E-state index is 0.184. The molecule has 2 aromatic heterocycles. The molecule has 2 heterocycles. The number of aliphatic hydroxyl groups is 1. The van der Waals surface area contributed by atoms with Crippen LogP contribution in [-0.4, -0.2) is 28.3 Å². The first-order valence-electron chi connectivity index (χ1n) is 7.54. The highest BCUT2D eigenvalue weighted by Gasteiger charge is 2.27. The van der Waals surface area contributed by atoms with Crippen molar-refractivity contribution in [2.75, 3.05) is 6.54 Å². The van der Waals surface area contributed by atoms with E-state index in [1.165, 1.54) is 0 Å². The van der Waals surface area contributed by atoms with Crippen LogP contribution in [0.2, 0.25) is 0 Å². The average molecular weight is 320 g/mol. The summed E-state index contributed by atoms with van der Waals surface area (Å²) in [6.45, 7) is 1.91. The molecule has 2 aromatic rings. The zero-order valence-corrected chi connectivity index (χ0v) is 13.4. The Morgan fingerprint density at radius 3 is 3.09 bits per heavy atom. The molecule has 0 fully saturated rings. The second kappa shape index (κ2) is 6.22. The summed E-state index contributed by atoms with van der Waals surface area (Å²) in [5.41, 5.74) is 1.39. The average Bonchev–Trinajstić information content (AvgIpc) is 3.13. The van der Waals surface area contributed by atoms with Gasteiger partial charge in [-0.3, -0.25) is 4.79 Å². The fourth-order valence-electron chi connectivity index (χ4n) is 2.81. The van der Waals surface area contributed by atoms with Crippen LogP contribution in [0.25, 0.3) is 0 Å². The van der Waals surface area contributed by atoms with E-state index >= 15 is 0 Å². The highest BCUT2D eigenvalue weighted by Crippen LogP contribution is 2.24. The molecule has 1 amide bonds. The topological polar surface area (TPSA) is 75.4 Å². The number of hydrogen-bond acceptors (Lipinski definition) is 5. The van der Waals surface area contributed by atoms with E-state index < -0.39 is 5.60 Å². The van der Waals surface area contributed by atoms with E-state index in [-0.39, 0.29) is 12.5 Å². The van der Waals surface area contributed by atoms with Gasteiger partial charge in [-0.1, -0.05) is 5.16 Å². The molecular weight excluding hydrogens is 300 g/mol. The maximum atomic E-state index is 12.3. The van der Waals surface area contributed by atoms with Gasteiger partial charge < -0.3 is 14.9 Å². The fourth-order valence-corrected chi connectivity index (χ4v) is 3.48. The van der Waals surface area contributed by atoms with Crippen LogP contribution < -0.4 is 5.32 Å². The van der Waals surface area contributed by atoms with Crippen LogP contribution in [0.1, 0.15) is 47.1 Å². The van der Waals surface area contributed by atoms with Crippen molar-refractivity contribution >= 4 is 17.2 Å². The minimum Gasteiger partial charge on any atom is -0.388 e. The number of thiophene rings is 1. The van der Waals surface area contributed by atoms with Crippen molar-refractivity contribution in [3.63, 3.8) is 0 Å². The summed E-state index contributed by atoms with van der Waals surface area (Å²) >= 11 is 1.60. The summed E-state index contributed by atoms with van der Waals surface area (Å²) in [5.74, 6) is 0.568. The molecule has 0 aliphatic heterocycles. The molecule has 0 aromatic carbocycles. The van der Waals surface area contributed by atoms with Crippen molar-refractivity contribution in [3.05, 3.63) is 39.4 Å². The molecule has 118 valence electrons. The SMILES string of the molecule is CC(O)(CNC(=O)c1noc2c1CCCC2)Cc1ccsc1. The Kier molecular flexibility index (Phi) is 4.31.